The Bertz CT molecular complexity index is 1120. The lowest BCUT2D eigenvalue weighted by atomic mass is 10.1. The Labute approximate surface area is 166 Å². The van der Waals surface area contributed by atoms with Crippen LogP contribution in [0.25, 0.3) is 10.7 Å². The smallest absolute Gasteiger partial charge is 0.329 e. The lowest BCUT2D eigenvalue weighted by molar-refractivity contribution is -0.159. The summed E-state index contributed by atoms with van der Waals surface area (Å²) in [4.78, 5) is 4.64. The summed E-state index contributed by atoms with van der Waals surface area (Å²) in [7, 11) is -3.71. The molecule has 1 aromatic carbocycles. The van der Waals surface area contributed by atoms with Gasteiger partial charge < -0.3 is 4.52 Å². The van der Waals surface area contributed by atoms with Crippen molar-refractivity contribution >= 4 is 33.0 Å². The minimum absolute atomic E-state index is 0.120. The molecule has 0 N–H and O–H groups in total. The molecule has 3 heterocycles. The van der Waals surface area contributed by atoms with Crippen LogP contribution in [0.1, 0.15) is 16.3 Å². The summed E-state index contributed by atoms with van der Waals surface area (Å²) in [6.45, 7) is 0.378. The van der Waals surface area contributed by atoms with Crippen molar-refractivity contribution in [3.05, 3.63) is 51.7 Å². The predicted molar refractivity (Wildman–Crippen MR) is 95.4 cm³/mol. The van der Waals surface area contributed by atoms with Crippen LogP contribution >= 0.6 is 22.9 Å². The number of benzene rings is 1. The molecule has 3 aromatic rings. The van der Waals surface area contributed by atoms with Gasteiger partial charge in [-0.25, -0.2) is 8.42 Å². The average Bonchev–Trinajstić information content (AvgIpc) is 3.28. The summed E-state index contributed by atoms with van der Waals surface area (Å²) in [5, 5.41) is 3.81. The second kappa shape index (κ2) is 6.83. The lowest BCUT2D eigenvalue weighted by Gasteiger charge is -2.26. The highest BCUT2D eigenvalue weighted by molar-refractivity contribution is 7.89. The van der Waals surface area contributed by atoms with Gasteiger partial charge in [-0.1, -0.05) is 16.8 Å². The maximum absolute atomic E-state index is 12.8. The number of rotatable bonds is 3. The summed E-state index contributed by atoms with van der Waals surface area (Å²) in [6, 6.07) is 7.55. The average molecular weight is 450 g/mol. The van der Waals surface area contributed by atoms with Crippen LogP contribution in [0, 0.1) is 0 Å². The molecule has 12 heteroatoms. The van der Waals surface area contributed by atoms with E-state index >= 15 is 0 Å². The van der Waals surface area contributed by atoms with Gasteiger partial charge in [0.25, 0.3) is 0 Å². The summed E-state index contributed by atoms with van der Waals surface area (Å²) < 4.78 is 69.1. The van der Waals surface area contributed by atoms with Gasteiger partial charge in [0.15, 0.2) is 0 Å². The van der Waals surface area contributed by atoms with Gasteiger partial charge in [0.2, 0.25) is 15.8 Å². The quantitative estimate of drug-likeness (QED) is 0.598. The number of nitrogens with zero attached hydrogens (tertiary/aromatic N) is 3. The first-order chi connectivity index (χ1) is 13.1. The van der Waals surface area contributed by atoms with E-state index in [0.717, 1.165) is 21.8 Å². The molecule has 28 heavy (non-hydrogen) atoms. The van der Waals surface area contributed by atoms with Crippen LogP contribution < -0.4 is 0 Å². The summed E-state index contributed by atoms with van der Waals surface area (Å²) in [5.74, 6) is -1.58. The van der Waals surface area contributed by atoms with Gasteiger partial charge in [0.1, 0.15) is 0 Å². The maximum atomic E-state index is 12.8. The fraction of sp³-hybridized carbons (Fsp3) is 0.250. The fourth-order valence-electron chi connectivity index (χ4n) is 2.81. The van der Waals surface area contributed by atoms with E-state index in [4.69, 9.17) is 11.6 Å². The molecule has 0 atom stereocenters. The van der Waals surface area contributed by atoms with Gasteiger partial charge in [-0.3, -0.25) is 0 Å². The number of hydrogen-bond acceptors (Lipinski definition) is 6. The number of alkyl halides is 3. The van der Waals surface area contributed by atoms with Crippen LogP contribution in [0.3, 0.4) is 0 Å². The van der Waals surface area contributed by atoms with Crippen molar-refractivity contribution in [2.24, 2.45) is 0 Å². The van der Waals surface area contributed by atoms with Gasteiger partial charge in [0.05, 0.1) is 9.77 Å². The van der Waals surface area contributed by atoms with Gasteiger partial charge in [-0.15, -0.1) is 11.3 Å². The fourth-order valence-corrected chi connectivity index (χ4v) is 5.58. The standard InChI is InChI=1S/C16H11ClF3N3O3S2/c17-10-1-3-11(4-2-10)28(24,25)23-6-5-9-7-12(27-13(9)8-23)14-21-15(26-22-14)16(18,19)20/h1-4,7H,5-6,8H2. The van der Waals surface area contributed by atoms with Crippen LogP contribution in [0.5, 0.6) is 0 Å². The first kappa shape index (κ1) is 19.4. The van der Waals surface area contributed by atoms with E-state index in [1.807, 2.05) is 0 Å². The van der Waals surface area contributed by atoms with Crippen molar-refractivity contribution < 1.29 is 26.1 Å². The van der Waals surface area contributed by atoms with Crippen LogP contribution in [-0.2, 0) is 29.2 Å². The second-order valence-electron chi connectivity index (χ2n) is 6.02. The van der Waals surface area contributed by atoms with Gasteiger partial charge >= 0.3 is 12.1 Å². The van der Waals surface area contributed by atoms with Crippen molar-refractivity contribution in [2.45, 2.75) is 24.0 Å². The molecule has 1 aliphatic rings. The molecule has 0 radical (unpaired) electrons. The highest BCUT2D eigenvalue weighted by Crippen LogP contribution is 2.36. The maximum Gasteiger partial charge on any atom is 0.471 e. The van der Waals surface area contributed by atoms with Crippen molar-refractivity contribution in [1.29, 1.82) is 0 Å². The zero-order valence-corrected chi connectivity index (χ0v) is 16.3. The third-order valence-corrected chi connectivity index (χ3v) is 7.46. The van der Waals surface area contributed by atoms with E-state index in [9.17, 15) is 21.6 Å². The third-order valence-electron chi connectivity index (χ3n) is 4.19. The monoisotopic (exact) mass is 449 g/mol. The predicted octanol–water partition coefficient (Wildman–Crippen LogP) is 4.22. The summed E-state index contributed by atoms with van der Waals surface area (Å²) in [5.41, 5.74) is 0.862. The van der Waals surface area contributed by atoms with E-state index in [0.29, 0.717) is 16.3 Å². The topological polar surface area (TPSA) is 76.3 Å². The number of aromatic nitrogens is 2. The molecule has 1 aliphatic heterocycles. The highest BCUT2D eigenvalue weighted by atomic mass is 35.5. The molecule has 0 amide bonds. The molecular formula is C16H11ClF3N3O3S2. The molecule has 0 fully saturated rings. The Morgan fingerprint density at radius 1 is 1.21 bits per heavy atom. The minimum Gasteiger partial charge on any atom is -0.329 e. The Kier molecular flexibility index (Phi) is 4.73. The first-order valence-electron chi connectivity index (χ1n) is 7.93. The number of hydrogen-bond donors (Lipinski definition) is 0. The molecule has 4 rings (SSSR count). The van der Waals surface area contributed by atoms with E-state index in [1.165, 1.54) is 28.6 Å². The van der Waals surface area contributed by atoms with E-state index in [1.54, 1.807) is 6.07 Å². The Morgan fingerprint density at radius 2 is 1.93 bits per heavy atom. The lowest BCUT2D eigenvalue weighted by Crippen LogP contribution is -2.35. The zero-order chi connectivity index (χ0) is 20.1. The van der Waals surface area contributed by atoms with E-state index < -0.39 is 22.1 Å². The number of halogens is 4. The van der Waals surface area contributed by atoms with Crippen LogP contribution in [-0.4, -0.2) is 29.4 Å². The highest BCUT2D eigenvalue weighted by Gasteiger charge is 2.39. The molecule has 6 nitrogen and oxygen atoms in total. The number of sulfonamides is 1. The van der Waals surface area contributed by atoms with Gasteiger partial charge in [0, 0.05) is 23.0 Å². The van der Waals surface area contributed by atoms with Gasteiger partial charge in [-0.2, -0.15) is 22.5 Å². The molecule has 0 saturated carbocycles. The molecule has 0 bridgehead atoms. The Hall–Kier alpha value is -1.95. The van der Waals surface area contributed by atoms with Crippen molar-refractivity contribution in [3.8, 4) is 10.7 Å². The van der Waals surface area contributed by atoms with Crippen molar-refractivity contribution in [1.82, 2.24) is 14.4 Å². The molecule has 0 spiro atoms. The van der Waals surface area contributed by atoms with E-state index in [2.05, 4.69) is 14.7 Å². The summed E-state index contributed by atoms with van der Waals surface area (Å²) >= 11 is 6.96. The van der Waals surface area contributed by atoms with Crippen LogP contribution in [0.15, 0.2) is 39.8 Å². The molecule has 0 saturated heterocycles. The Morgan fingerprint density at radius 3 is 2.57 bits per heavy atom. The van der Waals surface area contributed by atoms with E-state index in [-0.39, 0.29) is 23.8 Å². The second-order valence-corrected chi connectivity index (χ2v) is 9.53. The number of thiophene rings is 1. The minimum atomic E-state index is -4.72. The Balaban J connectivity index is 1.60. The summed E-state index contributed by atoms with van der Waals surface area (Å²) in [6.07, 6.45) is -4.28. The molecule has 0 aliphatic carbocycles. The molecule has 2 aromatic heterocycles. The third kappa shape index (κ3) is 3.54. The molecular weight excluding hydrogens is 439 g/mol. The SMILES string of the molecule is O=S(=O)(c1ccc(Cl)cc1)N1CCc2cc(-c3noc(C(F)(F)F)n3)sc2C1. The molecule has 148 valence electrons. The van der Waals surface area contributed by atoms with Gasteiger partial charge in [-0.05, 0) is 42.3 Å². The molecule has 0 unspecified atom stereocenters. The van der Waals surface area contributed by atoms with Crippen molar-refractivity contribution in [2.75, 3.05) is 6.54 Å². The van der Waals surface area contributed by atoms with Crippen LogP contribution in [0.2, 0.25) is 5.02 Å². The largest absolute Gasteiger partial charge is 0.471 e. The first-order valence-corrected chi connectivity index (χ1v) is 10.6. The normalized spacial score (nSPS) is 15.6. The van der Waals surface area contributed by atoms with Crippen LogP contribution in [0.4, 0.5) is 13.2 Å². The zero-order valence-electron chi connectivity index (χ0n) is 13.9. The number of fused-ring (bicyclic) bond motifs is 1. The van der Waals surface area contributed by atoms with Crippen molar-refractivity contribution in [3.63, 3.8) is 0 Å².